The molecule has 2 rings (SSSR count). The zero-order valence-electron chi connectivity index (χ0n) is 16.7. The zero-order chi connectivity index (χ0) is 28.7. The molecule has 24 heteroatoms. The average Bonchev–Trinajstić information content (AvgIpc) is 2.63. The van der Waals surface area contributed by atoms with Gasteiger partial charge in [-0.2, -0.15) is 0 Å². The van der Waals surface area contributed by atoms with Gasteiger partial charge in [0.15, 0.2) is 0 Å². The molecular formula is C12H12Cl18N6. The normalized spacial score (nSPS) is 22.5. The second-order valence-corrected chi connectivity index (χ2v) is 20.2. The second-order valence-electron chi connectivity index (χ2n) is 6.89. The van der Waals surface area contributed by atoms with Crippen molar-refractivity contribution in [2.45, 2.75) is 23.5 Å². The molecule has 0 aromatic heterocycles. The fourth-order valence-electron chi connectivity index (χ4n) is 2.47. The SMILES string of the molecule is ClC(Cl)(Cl)N1CN(C(Cl)(Cl)Cl)CN(C(Cl)(Cl)Cl)C1.ClC(Cl)(Cl)N1CN(C(Cl)(Cl)Cl)CN(C(Cl)(Cl)Cl)C1. The minimum absolute atomic E-state index is 0.0875. The minimum Gasteiger partial charge on any atom is -0.233 e. The lowest BCUT2D eigenvalue weighted by Crippen LogP contribution is -2.63. The van der Waals surface area contributed by atoms with Gasteiger partial charge in [-0.15, -0.1) is 0 Å². The van der Waals surface area contributed by atoms with Gasteiger partial charge in [-0.05, 0) is 0 Å². The number of halogens is 18. The van der Waals surface area contributed by atoms with E-state index in [0.29, 0.717) is 0 Å². The molecule has 0 aromatic carbocycles. The van der Waals surface area contributed by atoms with Crippen molar-refractivity contribution in [1.82, 2.24) is 29.4 Å². The molecule has 0 saturated carbocycles. The second kappa shape index (κ2) is 14.4. The van der Waals surface area contributed by atoms with Crippen LogP contribution in [-0.4, -0.2) is 92.9 Å². The van der Waals surface area contributed by atoms with Gasteiger partial charge in [-0.3, -0.25) is 0 Å². The molecule has 2 aliphatic rings. The first kappa shape index (κ1) is 39.0. The van der Waals surface area contributed by atoms with E-state index in [9.17, 15) is 0 Å². The summed E-state index contributed by atoms with van der Waals surface area (Å²) < 4.78 is -10.3. The van der Waals surface area contributed by atoms with Crippen molar-refractivity contribution < 1.29 is 0 Å². The lowest BCUT2D eigenvalue weighted by atomic mass is 10.5. The third kappa shape index (κ3) is 13.3. The van der Waals surface area contributed by atoms with E-state index in [-0.39, 0.29) is 40.0 Å². The maximum atomic E-state index is 5.79. The fourth-order valence-corrected chi connectivity index (χ4v) is 4.39. The summed E-state index contributed by atoms with van der Waals surface area (Å²) in [6.07, 6.45) is 0. The van der Waals surface area contributed by atoms with Crippen molar-refractivity contribution in [2.75, 3.05) is 40.0 Å². The van der Waals surface area contributed by atoms with E-state index in [1.807, 2.05) is 0 Å². The van der Waals surface area contributed by atoms with Crippen molar-refractivity contribution in [1.29, 1.82) is 0 Å². The zero-order valence-corrected chi connectivity index (χ0v) is 30.3. The predicted octanol–water partition coefficient (Wildman–Crippen LogP) is 9.52. The van der Waals surface area contributed by atoms with Crippen LogP contribution in [0.5, 0.6) is 0 Å². The Labute approximate surface area is 298 Å². The summed E-state index contributed by atoms with van der Waals surface area (Å²) in [5.41, 5.74) is 0. The molecule has 2 saturated heterocycles. The van der Waals surface area contributed by atoms with Crippen LogP contribution < -0.4 is 0 Å². The van der Waals surface area contributed by atoms with Crippen molar-refractivity contribution in [2.24, 2.45) is 0 Å². The fraction of sp³-hybridized carbons (Fsp3) is 1.00. The monoisotopic (exact) mass is 870 g/mol. The van der Waals surface area contributed by atoms with Crippen molar-refractivity contribution in [3.05, 3.63) is 0 Å². The molecule has 0 N–H and O–H groups in total. The number of alkyl halides is 18. The van der Waals surface area contributed by atoms with Crippen LogP contribution in [0.15, 0.2) is 0 Å². The van der Waals surface area contributed by atoms with Crippen LogP contribution in [0, 0.1) is 0 Å². The van der Waals surface area contributed by atoms with E-state index in [1.165, 1.54) is 29.4 Å². The molecule has 2 fully saturated rings. The maximum Gasteiger partial charge on any atom is 0.249 e. The van der Waals surface area contributed by atoms with Crippen LogP contribution >= 0.6 is 209 Å². The Morgan fingerprint density at radius 2 is 0.306 bits per heavy atom. The van der Waals surface area contributed by atoms with Gasteiger partial charge in [0.25, 0.3) is 0 Å². The first-order valence-corrected chi connectivity index (χ1v) is 15.3. The topological polar surface area (TPSA) is 19.4 Å². The highest BCUT2D eigenvalue weighted by Gasteiger charge is 2.47. The Hall–Kier alpha value is 4.98. The summed E-state index contributed by atoms with van der Waals surface area (Å²) in [6.45, 7) is 0.525. The van der Waals surface area contributed by atoms with Crippen LogP contribution in [0.25, 0.3) is 0 Å². The lowest BCUT2D eigenvalue weighted by molar-refractivity contribution is -0.0360. The smallest absolute Gasteiger partial charge is 0.233 e. The number of nitrogens with zero attached hydrogens (tertiary/aromatic N) is 6. The Morgan fingerprint density at radius 3 is 0.361 bits per heavy atom. The van der Waals surface area contributed by atoms with E-state index < -0.39 is 23.5 Å². The van der Waals surface area contributed by atoms with Gasteiger partial charge in [0.05, 0.1) is 40.0 Å². The Balaban J connectivity index is 0.000000360. The molecule has 0 unspecified atom stereocenters. The largest absolute Gasteiger partial charge is 0.249 e. The van der Waals surface area contributed by atoms with Gasteiger partial charge in [-0.1, -0.05) is 209 Å². The van der Waals surface area contributed by atoms with Gasteiger partial charge >= 0.3 is 0 Å². The summed E-state index contributed by atoms with van der Waals surface area (Å²) in [6, 6.07) is 0. The minimum atomic E-state index is -1.72. The van der Waals surface area contributed by atoms with Gasteiger partial charge in [0.2, 0.25) is 23.5 Å². The van der Waals surface area contributed by atoms with Crippen molar-refractivity contribution >= 4 is 209 Å². The molecule has 2 aliphatic heterocycles. The summed E-state index contributed by atoms with van der Waals surface area (Å²) in [5, 5.41) is 0. The average molecular weight is 878 g/mol. The molecule has 0 bridgehead atoms. The van der Waals surface area contributed by atoms with Crippen LogP contribution in [0.4, 0.5) is 0 Å². The van der Waals surface area contributed by atoms with E-state index in [2.05, 4.69) is 0 Å². The van der Waals surface area contributed by atoms with E-state index in [4.69, 9.17) is 209 Å². The van der Waals surface area contributed by atoms with Crippen LogP contribution in [0.3, 0.4) is 0 Å². The molecule has 36 heavy (non-hydrogen) atoms. The van der Waals surface area contributed by atoms with Gasteiger partial charge in [0, 0.05) is 0 Å². The van der Waals surface area contributed by atoms with Gasteiger partial charge in [-0.25, -0.2) is 29.4 Å². The highest BCUT2D eigenvalue weighted by atomic mass is 35.6. The molecule has 0 atom stereocenters. The molecule has 0 radical (unpaired) electrons. The van der Waals surface area contributed by atoms with Crippen LogP contribution in [0.2, 0.25) is 0 Å². The summed E-state index contributed by atoms with van der Waals surface area (Å²) in [4.78, 5) is 8.11. The standard InChI is InChI=1S/2C6H6Cl9N3/c2*7-4(8,9)16-1-17(5(10,11)12)3-18(2-16)6(13,14)15/h2*1-3H2. The van der Waals surface area contributed by atoms with Crippen LogP contribution in [-0.2, 0) is 0 Å². The summed E-state index contributed by atoms with van der Waals surface area (Å²) in [7, 11) is 0. The third-order valence-corrected chi connectivity index (χ3v) is 8.50. The van der Waals surface area contributed by atoms with E-state index in [1.54, 1.807) is 0 Å². The number of hydrogen-bond donors (Lipinski definition) is 0. The summed E-state index contributed by atoms with van der Waals surface area (Å²) >= 11 is 104. The number of rotatable bonds is 0. The molecule has 0 aromatic rings. The maximum absolute atomic E-state index is 5.79. The molecule has 6 nitrogen and oxygen atoms in total. The summed E-state index contributed by atoms with van der Waals surface area (Å²) in [5.74, 6) is 0. The Morgan fingerprint density at radius 1 is 0.222 bits per heavy atom. The molecular weight excluding hydrogens is 866 g/mol. The number of hydrogen-bond acceptors (Lipinski definition) is 6. The third-order valence-electron chi connectivity index (χ3n) is 4.20. The van der Waals surface area contributed by atoms with Crippen molar-refractivity contribution in [3.8, 4) is 0 Å². The first-order chi connectivity index (χ1) is 15.6. The van der Waals surface area contributed by atoms with E-state index >= 15 is 0 Å². The molecule has 0 aliphatic carbocycles. The molecule has 0 amide bonds. The first-order valence-electron chi connectivity index (χ1n) is 8.54. The van der Waals surface area contributed by atoms with E-state index in [0.717, 1.165) is 0 Å². The van der Waals surface area contributed by atoms with Gasteiger partial charge < -0.3 is 0 Å². The quantitative estimate of drug-likeness (QED) is 0.177. The highest BCUT2D eigenvalue weighted by Crippen LogP contribution is 2.43. The molecule has 2 heterocycles. The molecule has 0 spiro atoms. The van der Waals surface area contributed by atoms with Crippen molar-refractivity contribution in [3.63, 3.8) is 0 Å². The Bertz CT molecular complexity index is 537. The Kier molecular flexibility index (Phi) is 15.6. The lowest BCUT2D eigenvalue weighted by Gasteiger charge is -2.48. The highest BCUT2D eigenvalue weighted by molar-refractivity contribution is 6.69. The van der Waals surface area contributed by atoms with Crippen LogP contribution in [0.1, 0.15) is 0 Å². The van der Waals surface area contributed by atoms with Gasteiger partial charge in [0.1, 0.15) is 0 Å². The predicted molar refractivity (Wildman–Crippen MR) is 162 cm³/mol. The molecule has 216 valence electrons.